The topological polar surface area (TPSA) is 76.1 Å². The fourth-order valence-corrected chi connectivity index (χ4v) is 1.51. The summed E-state index contributed by atoms with van der Waals surface area (Å²) in [4.78, 5) is 11.8. The van der Waals surface area contributed by atoms with E-state index in [2.05, 4.69) is 34.7 Å². The van der Waals surface area contributed by atoms with Crippen LogP contribution < -0.4 is 10.6 Å². The van der Waals surface area contributed by atoms with Gasteiger partial charge in [-0.2, -0.15) is 0 Å². The Kier molecular flexibility index (Phi) is 8.30. The number of nitrogens with one attached hydrogen (secondary N) is 2. The van der Waals surface area contributed by atoms with Crippen LogP contribution in [0, 0.1) is 0 Å². The molecule has 0 unspecified atom stereocenters. The molecule has 0 bridgehead atoms. The number of rotatable bonds is 10. The minimum Gasteiger partial charge on any atom is -0.381 e. The average molecular weight is 280 g/mol. The van der Waals surface area contributed by atoms with Crippen molar-refractivity contribution in [1.82, 2.24) is 15.5 Å². The molecule has 6 nitrogen and oxygen atoms in total. The van der Waals surface area contributed by atoms with Crippen LogP contribution in [0.2, 0.25) is 0 Å². The molecule has 0 spiro atoms. The maximum absolute atomic E-state index is 11.8. The first-order valence-electron chi connectivity index (χ1n) is 7.21. The fraction of sp³-hybridized carbons (Fsp3) is 0.643. The van der Waals surface area contributed by atoms with Crippen molar-refractivity contribution < 1.29 is 9.53 Å². The largest absolute Gasteiger partial charge is 0.381 e. The zero-order chi connectivity index (χ0) is 14.6. The first-order chi connectivity index (χ1) is 9.77. The van der Waals surface area contributed by atoms with Crippen LogP contribution in [0.15, 0.2) is 12.1 Å². The number of hydrogen-bond acceptors (Lipinski definition) is 5. The predicted octanol–water partition coefficient (Wildman–Crippen LogP) is 1.84. The van der Waals surface area contributed by atoms with Crippen molar-refractivity contribution in [1.29, 1.82) is 0 Å². The zero-order valence-corrected chi connectivity index (χ0v) is 12.3. The van der Waals surface area contributed by atoms with Gasteiger partial charge in [0, 0.05) is 26.3 Å². The molecule has 0 saturated carbocycles. The molecule has 112 valence electrons. The van der Waals surface area contributed by atoms with Gasteiger partial charge in [0.1, 0.15) is 5.82 Å². The number of amides is 1. The highest BCUT2D eigenvalue weighted by atomic mass is 16.5. The summed E-state index contributed by atoms with van der Waals surface area (Å²) in [6, 6.07) is 3.44. The third-order valence-electron chi connectivity index (χ3n) is 2.55. The lowest BCUT2D eigenvalue weighted by atomic mass is 10.3. The number of carbonyl (C=O) groups excluding carboxylic acids is 1. The van der Waals surface area contributed by atoms with Crippen molar-refractivity contribution in [3.05, 3.63) is 17.8 Å². The maximum atomic E-state index is 11.8. The highest BCUT2D eigenvalue weighted by molar-refractivity contribution is 5.92. The summed E-state index contributed by atoms with van der Waals surface area (Å²) in [6.07, 6.45) is 2.83. The van der Waals surface area contributed by atoms with Gasteiger partial charge >= 0.3 is 0 Å². The molecule has 1 heterocycles. The second kappa shape index (κ2) is 10.1. The van der Waals surface area contributed by atoms with Crippen molar-refractivity contribution >= 4 is 11.7 Å². The smallest absolute Gasteiger partial charge is 0.271 e. The molecule has 2 N–H and O–H groups in total. The SMILES string of the molecule is CCCNc1ccc(C(=O)NCCCOCCC)nn1. The Bertz CT molecular complexity index is 381. The van der Waals surface area contributed by atoms with Gasteiger partial charge in [-0.1, -0.05) is 13.8 Å². The van der Waals surface area contributed by atoms with Gasteiger partial charge < -0.3 is 15.4 Å². The van der Waals surface area contributed by atoms with Crippen LogP contribution in [0.5, 0.6) is 0 Å². The highest BCUT2D eigenvalue weighted by Crippen LogP contribution is 2.02. The lowest BCUT2D eigenvalue weighted by Gasteiger charge is -2.06. The molecule has 0 atom stereocenters. The Morgan fingerprint density at radius 2 is 2.00 bits per heavy atom. The number of aromatic nitrogens is 2. The summed E-state index contributed by atoms with van der Waals surface area (Å²) in [7, 11) is 0. The monoisotopic (exact) mass is 280 g/mol. The molecular formula is C14H24N4O2. The van der Waals surface area contributed by atoms with Crippen LogP contribution in [0.4, 0.5) is 5.82 Å². The molecule has 6 heteroatoms. The van der Waals surface area contributed by atoms with Crippen LogP contribution in [-0.2, 0) is 4.74 Å². The van der Waals surface area contributed by atoms with Crippen molar-refractivity contribution in [3.8, 4) is 0 Å². The van der Waals surface area contributed by atoms with Gasteiger partial charge in [0.2, 0.25) is 0 Å². The van der Waals surface area contributed by atoms with E-state index < -0.39 is 0 Å². The van der Waals surface area contributed by atoms with Crippen LogP contribution in [-0.4, -0.2) is 42.4 Å². The van der Waals surface area contributed by atoms with Crippen molar-refractivity contribution in [2.75, 3.05) is 31.6 Å². The third-order valence-corrected chi connectivity index (χ3v) is 2.55. The lowest BCUT2D eigenvalue weighted by molar-refractivity contribution is 0.0935. The first kappa shape index (κ1) is 16.4. The van der Waals surface area contributed by atoms with Crippen LogP contribution >= 0.6 is 0 Å². The van der Waals surface area contributed by atoms with Gasteiger partial charge in [-0.15, -0.1) is 10.2 Å². The Morgan fingerprint density at radius 1 is 1.15 bits per heavy atom. The van der Waals surface area contributed by atoms with Gasteiger partial charge in [-0.25, -0.2) is 0 Å². The minimum atomic E-state index is -0.199. The summed E-state index contributed by atoms with van der Waals surface area (Å²) >= 11 is 0. The van der Waals surface area contributed by atoms with Gasteiger partial charge in [-0.05, 0) is 31.4 Å². The molecule has 0 aromatic carbocycles. The van der Waals surface area contributed by atoms with Gasteiger partial charge in [0.25, 0.3) is 5.91 Å². The molecule has 0 aliphatic carbocycles. The van der Waals surface area contributed by atoms with Crippen LogP contribution in [0.25, 0.3) is 0 Å². The summed E-state index contributed by atoms with van der Waals surface area (Å²) in [5, 5.41) is 13.8. The van der Waals surface area contributed by atoms with Crippen molar-refractivity contribution in [2.45, 2.75) is 33.1 Å². The predicted molar refractivity (Wildman–Crippen MR) is 78.9 cm³/mol. The molecule has 1 aromatic rings. The fourth-order valence-electron chi connectivity index (χ4n) is 1.51. The molecular weight excluding hydrogens is 256 g/mol. The van der Waals surface area contributed by atoms with E-state index in [1.807, 2.05) is 0 Å². The Morgan fingerprint density at radius 3 is 2.65 bits per heavy atom. The van der Waals surface area contributed by atoms with Gasteiger partial charge in [0.05, 0.1) is 0 Å². The van der Waals surface area contributed by atoms with E-state index in [1.165, 1.54) is 0 Å². The van der Waals surface area contributed by atoms with E-state index in [9.17, 15) is 4.79 Å². The first-order valence-corrected chi connectivity index (χ1v) is 7.21. The molecule has 0 saturated heterocycles. The maximum Gasteiger partial charge on any atom is 0.271 e. The summed E-state index contributed by atoms with van der Waals surface area (Å²) in [6.45, 7) is 7.01. The number of anilines is 1. The lowest BCUT2D eigenvalue weighted by Crippen LogP contribution is -2.26. The Hall–Kier alpha value is -1.69. The van der Waals surface area contributed by atoms with Gasteiger partial charge in [0.15, 0.2) is 5.69 Å². The minimum absolute atomic E-state index is 0.199. The zero-order valence-electron chi connectivity index (χ0n) is 12.3. The molecule has 1 aromatic heterocycles. The van der Waals surface area contributed by atoms with Gasteiger partial charge in [-0.3, -0.25) is 4.79 Å². The molecule has 1 rings (SSSR count). The molecule has 1 amide bonds. The number of ether oxygens (including phenoxy) is 1. The van der Waals surface area contributed by atoms with Crippen molar-refractivity contribution in [3.63, 3.8) is 0 Å². The van der Waals surface area contributed by atoms with E-state index in [0.717, 1.165) is 32.4 Å². The molecule has 0 aliphatic rings. The highest BCUT2D eigenvalue weighted by Gasteiger charge is 2.07. The quantitative estimate of drug-likeness (QED) is 0.640. The summed E-state index contributed by atoms with van der Waals surface area (Å²) in [5.41, 5.74) is 0.335. The molecule has 0 fully saturated rings. The molecule has 0 aliphatic heterocycles. The number of carbonyl (C=O) groups is 1. The second-order valence-corrected chi connectivity index (χ2v) is 4.45. The van der Waals surface area contributed by atoms with Crippen molar-refractivity contribution in [2.24, 2.45) is 0 Å². The van der Waals surface area contributed by atoms with Crippen LogP contribution in [0.1, 0.15) is 43.6 Å². The van der Waals surface area contributed by atoms with E-state index in [1.54, 1.807) is 12.1 Å². The third kappa shape index (κ3) is 6.47. The van der Waals surface area contributed by atoms with Crippen LogP contribution in [0.3, 0.4) is 0 Å². The van der Waals surface area contributed by atoms with E-state index in [-0.39, 0.29) is 5.91 Å². The summed E-state index contributed by atoms with van der Waals surface area (Å²) < 4.78 is 5.34. The molecule has 0 radical (unpaired) electrons. The normalized spacial score (nSPS) is 10.3. The van der Waals surface area contributed by atoms with E-state index in [0.29, 0.717) is 24.7 Å². The van der Waals surface area contributed by atoms with E-state index in [4.69, 9.17) is 4.74 Å². The second-order valence-electron chi connectivity index (χ2n) is 4.45. The Labute approximate surface area is 120 Å². The Balaban J connectivity index is 2.25. The van der Waals surface area contributed by atoms with E-state index >= 15 is 0 Å². The summed E-state index contributed by atoms with van der Waals surface area (Å²) in [5.74, 6) is 0.492. The number of hydrogen-bond donors (Lipinski definition) is 2. The number of nitrogens with zero attached hydrogens (tertiary/aromatic N) is 2. The average Bonchev–Trinajstić information content (AvgIpc) is 2.49. The standard InChI is InChI=1S/C14H24N4O2/c1-3-8-15-13-7-6-12(17-18-13)14(19)16-9-5-11-20-10-4-2/h6-7H,3-5,8-11H2,1-2H3,(H,15,18)(H,16,19). The molecule has 20 heavy (non-hydrogen) atoms.